The van der Waals surface area contributed by atoms with E-state index in [2.05, 4.69) is 4.90 Å². The average Bonchev–Trinajstić information content (AvgIpc) is 2.02. The monoisotopic (exact) mass is 181 g/mol. The van der Waals surface area contributed by atoms with E-state index < -0.39 is 5.97 Å². The first kappa shape index (κ1) is 8.75. The highest BCUT2D eigenvalue weighted by atomic mass is 16.4. The van der Waals surface area contributed by atoms with Crippen molar-refractivity contribution in [3.8, 4) is 0 Å². The van der Waals surface area contributed by atoms with Crippen molar-refractivity contribution in [3.05, 3.63) is 11.6 Å². The quantitative estimate of drug-likeness (QED) is 0.662. The molecular formula is C10H15NO2. The van der Waals surface area contributed by atoms with E-state index in [4.69, 9.17) is 5.11 Å². The van der Waals surface area contributed by atoms with Crippen LogP contribution in [0.1, 0.15) is 25.7 Å². The molecule has 0 aromatic carbocycles. The molecule has 2 unspecified atom stereocenters. The van der Waals surface area contributed by atoms with Crippen molar-refractivity contribution in [3.63, 3.8) is 0 Å². The Morgan fingerprint density at radius 1 is 1.62 bits per heavy atom. The summed E-state index contributed by atoms with van der Waals surface area (Å²) in [5.41, 5.74) is 0.610. The number of aliphatic carboxylic acids is 1. The summed E-state index contributed by atoms with van der Waals surface area (Å²) in [5.74, 6) is -0.739. The average molecular weight is 181 g/mol. The summed E-state index contributed by atoms with van der Waals surface area (Å²) >= 11 is 0. The van der Waals surface area contributed by atoms with E-state index >= 15 is 0 Å². The first-order chi connectivity index (χ1) is 6.20. The van der Waals surface area contributed by atoms with Crippen molar-refractivity contribution >= 4 is 5.97 Å². The van der Waals surface area contributed by atoms with Crippen LogP contribution >= 0.6 is 0 Å². The Labute approximate surface area is 78.0 Å². The van der Waals surface area contributed by atoms with Gasteiger partial charge in [0.25, 0.3) is 0 Å². The van der Waals surface area contributed by atoms with Crippen molar-refractivity contribution in [1.29, 1.82) is 0 Å². The minimum Gasteiger partial charge on any atom is -0.478 e. The lowest BCUT2D eigenvalue weighted by Crippen LogP contribution is -2.48. The van der Waals surface area contributed by atoms with Crippen LogP contribution in [-0.4, -0.2) is 35.1 Å². The molecule has 13 heavy (non-hydrogen) atoms. The van der Waals surface area contributed by atoms with Gasteiger partial charge in [0, 0.05) is 12.1 Å². The number of carbonyl (C=O) groups is 1. The van der Waals surface area contributed by atoms with Crippen molar-refractivity contribution in [2.75, 3.05) is 7.05 Å². The molecule has 3 nitrogen and oxygen atoms in total. The number of nitrogens with zero attached hydrogens (tertiary/aromatic N) is 1. The first-order valence-electron chi connectivity index (χ1n) is 4.85. The SMILES string of the molecule is CN1C2CC=C(C(=O)O)C1CCC2. The second-order valence-corrected chi connectivity index (χ2v) is 3.97. The molecule has 2 aliphatic heterocycles. The van der Waals surface area contributed by atoms with E-state index in [0.717, 1.165) is 12.8 Å². The van der Waals surface area contributed by atoms with Gasteiger partial charge in [0.15, 0.2) is 0 Å². The molecule has 0 spiro atoms. The lowest BCUT2D eigenvalue weighted by molar-refractivity contribution is -0.133. The fourth-order valence-electron chi connectivity index (χ4n) is 2.50. The molecule has 0 aromatic rings. The van der Waals surface area contributed by atoms with E-state index in [1.54, 1.807) is 0 Å². The van der Waals surface area contributed by atoms with Crippen LogP contribution in [0.25, 0.3) is 0 Å². The van der Waals surface area contributed by atoms with Gasteiger partial charge in [-0.3, -0.25) is 4.90 Å². The molecule has 1 saturated heterocycles. The van der Waals surface area contributed by atoms with Gasteiger partial charge in [0.05, 0.1) is 5.57 Å². The van der Waals surface area contributed by atoms with Crippen LogP contribution in [0.4, 0.5) is 0 Å². The van der Waals surface area contributed by atoms with Crippen LogP contribution < -0.4 is 0 Å². The Bertz CT molecular complexity index is 260. The maximum absolute atomic E-state index is 10.9. The van der Waals surface area contributed by atoms with Gasteiger partial charge in [-0.2, -0.15) is 0 Å². The number of hydrogen-bond acceptors (Lipinski definition) is 2. The minimum atomic E-state index is -0.739. The molecule has 2 atom stereocenters. The minimum absolute atomic E-state index is 0.171. The van der Waals surface area contributed by atoms with Gasteiger partial charge in [-0.25, -0.2) is 4.79 Å². The zero-order chi connectivity index (χ0) is 9.42. The predicted octanol–water partition coefficient (Wildman–Crippen LogP) is 1.25. The lowest BCUT2D eigenvalue weighted by Gasteiger charge is -2.42. The van der Waals surface area contributed by atoms with E-state index in [1.807, 2.05) is 13.1 Å². The number of carboxylic acid groups (broad SMARTS) is 1. The number of fused-ring (bicyclic) bond motifs is 2. The van der Waals surface area contributed by atoms with Gasteiger partial charge in [0.1, 0.15) is 0 Å². The van der Waals surface area contributed by atoms with Gasteiger partial charge >= 0.3 is 5.97 Å². The molecule has 2 rings (SSSR count). The van der Waals surface area contributed by atoms with Crippen LogP contribution in [0.3, 0.4) is 0 Å². The number of rotatable bonds is 1. The summed E-state index contributed by atoms with van der Waals surface area (Å²) in [4.78, 5) is 13.1. The summed E-state index contributed by atoms with van der Waals surface area (Å²) in [7, 11) is 2.05. The largest absolute Gasteiger partial charge is 0.478 e. The van der Waals surface area contributed by atoms with Gasteiger partial charge in [-0.05, 0) is 32.7 Å². The smallest absolute Gasteiger partial charge is 0.332 e. The van der Waals surface area contributed by atoms with Crippen molar-refractivity contribution < 1.29 is 9.90 Å². The Morgan fingerprint density at radius 2 is 2.38 bits per heavy atom. The third kappa shape index (κ3) is 1.37. The van der Waals surface area contributed by atoms with Crippen LogP contribution in [0, 0.1) is 0 Å². The maximum atomic E-state index is 10.9. The summed E-state index contributed by atoms with van der Waals surface area (Å²) in [6.07, 6.45) is 6.22. The third-order valence-corrected chi connectivity index (χ3v) is 3.30. The molecule has 0 aromatic heterocycles. The summed E-state index contributed by atoms with van der Waals surface area (Å²) in [6, 6.07) is 0.756. The Hall–Kier alpha value is -0.830. The van der Waals surface area contributed by atoms with Crippen LogP contribution in [0.5, 0.6) is 0 Å². The standard InChI is InChI=1S/C10H15NO2/c1-11-7-3-2-4-9(11)8(6-5-7)10(12)13/h6-7,9H,2-5H2,1H3,(H,12,13). The van der Waals surface area contributed by atoms with Gasteiger partial charge < -0.3 is 5.11 Å². The molecule has 2 aliphatic rings. The molecule has 0 amide bonds. The normalized spacial score (nSPS) is 34.1. The molecule has 0 radical (unpaired) electrons. The molecular weight excluding hydrogens is 166 g/mol. The number of likely N-dealkylation sites (N-methyl/N-ethyl adjacent to an activating group) is 1. The van der Waals surface area contributed by atoms with Crippen molar-refractivity contribution in [2.24, 2.45) is 0 Å². The molecule has 2 heterocycles. The summed E-state index contributed by atoms with van der Waals surface area (Å²) in [6.45, 7) is 0. The molecule has 2 bridgehead atoms. The Morgan fingerprint density at radius 3 is 3.08 bits per heavy atom. The second-order valence-electron chi connectivity index (χ2n) is 3.97. The van der Waals surface area contributed by atoms with Crippen LogP contribution in [-0.2, 0) is 4.79 Å². The topological polar surface area (TPSA) is 40.5 Å². The predicted molar refractivity (Wildman–Crippen MR) is 49.5 cm³/mol. The molecule has 1 fully saturated rings. The molecule has 0 saturated carbocycles. The maximum Gasteiger partial charge on any atom is 0.332 e. The molecule has 1 N–H and O–H groups in total. The van der Waals surface area contributed by atoms with E-state index in [1.165, 1.54) is 12.8 Å². The highest BCUT2D eigenvalue weighted by Gasteiger charge is 2.35. The zero-order valence-corrected chi connectivity index (χ0v) is 7.86. The Kier molecular flexibility index (Phi) is 2.12. The lowest BCUT2D eigenvalue weighted by atomic mass is 9.85. The fourth-order valence-corrected chi connectivity index (χ4v) is 2.50. The fraction of sp³-hybridized carbons (Fsp3) is 0.700. The highest BCUT2D eigenvalue weighted by Crippen LogP contribution is 2.32. The van der Waals surface area contributed by atoms with E-state index in [0.29, 0.717) is 11.6 Å². The van der Waals surface area contributed by atoms with Gasteiger partial charge in [-0.15, -0.1) is 0 Å². The van der Waals surface area contributed by atoms with E-state index in [-0.39, 0.29) is 6.04 Å². The van der Waals surface area contributed by atoms with E-state index in [9.17, 15) is 4.79 Å². The van der Waals surface area contributed by atoms with Crippen LogP contribution in [0.15, 0.2) is 11.6 Å². The number of carboxylic acids is 1. The molecule has 72 valence electrons. The number of piperidine rings is 1. The summed E-state index contributed by atoms with van der Waals surface area (Å²) < 4.78 is 0. The molecule has 3 heteroatoms. The second kappa shape index (κ2) is 3.14. The highest BCUT2D eigenvalue weighted by molar-refractivity contribution is 5.88. The van der Waals surface area contributed by atoms with Crippen LogP contribution in [0.2, 0.25) is 0 Å². The van der Waals surface area contributed by atoms with Crippen molar-refractivity contribution in [2.45, 2.75) is 37.8 Å². The van der Waals surface area contributed by atoms with Gasteiger partial charge in [-0.1, -0.05) is 6.08 Å². The van der Waals surface area contributed by atoms with Gasteiger partial charge in [0.2, 0.25) is 0 Å². The number of hydrogen-bond donors (Lipinski definition) is 1. The third-order valence-electron chi connectivity index (χ3n) is 3.30. The first-order valence-corrected chi connectivity index (χ1v) is 4.85. The van der Waals surface area contributed by atoms with Crippen molar-refractivity contribution in [1.82, 2.24) is 4.90 Å². The Balaban J connectivity index is 2.26. The summed E-state index contributed by atoms with van der Waals surface area (Å²) in [5, 5.41) is 8.97. The zero-order valence-electron chi connectivity index (χ0n) is 7.86. The molecule has 0 aliphatic carbocycles.